The third-order valence-electron chi connectivity index (χ3n) is 5.69. The molecule has 2 aliphatic rings. The zero-order chi connectivity index (χ0) is 16.0. The summed E-state index contributed by atoms with van der Waals surface area (Å²) in [5.41, 5.74) is 5.44. The summed E-state index contributed by atoms with van der Waals surface area (Å²) in [6.07, 6.45) is 11.0. The van der Waals surface area contributed by atoms with Crippen molar-refractivity contribution in [3.63, 3.8) is 0 Å². The molecule has 0 saturated heterocycles. The van der Waals surface area contributed by atoms with Gasteiger partial charge in [-0.2, -0.15) is 0 Å². The van der Waals surface area contributed by atoms with Gasteiger partial charge in [0.1, 0.15) is 0 Å². The molecule has 0 fully saturated rings. The number of rotatable bonds is 3. The van der Waals surface area contributed by atoms with Gasteiger partial charge in [0.2, 0.25) is 0 Å². The highest BCUT2D eigenvalue weighted by Gasteiger charge is 2.41. The van der Waals surface area contributed by atoms with Crippen molar-refractivity contribution in [2.24, 2.45) is 5.41 Å². The van der Waals surface area contributed by atoms with E-state index in [1.165, 1.54) is 23.6 Å². The number of hydrogen-bond acceptors (Lipinski definition) is 0. The lowest BCUT2D eigenvalue weighted by molar-refractivity contribution is 0.518. The highest BCUT2D eigenvalue weighted by Crippen LogP contribution is 2.46. The molecule has 2 atom stereocenters. The summed E-state index contributed by atoms with van der Waals surface area (Å²) in [6.45, 7) is 12.0. The number of fused-ring (bicyclic) bond motifs is 1. The molecule has 0 amide bonds. The Morgan fingerprint density at radius 1 is 1.18 bits per heavy atom. The summed E-state index contributed by atoms with van der Waals surface area (Å²) in [6, 6.07) is 10.3. The largest absolute Gasteiger partial charge is 0.0900 e. The summed E-state index contributed by atoms with van der Waals surface area (Å²) in [7, 11) is -1.51. The molecule has 0 bridgehead atoms. The minimum absolute atomic E-state index is 0.272. The van der Waals surface area contributed by atoms with Gasteiger partial charge in [0, 0.05) is 5.54 Å². The highest BCUT2D eigenvalue weighted by molar-refractivity contribution is 6.87. The van der Waals surface area contributed by atoms with Gasteiger partial charge in [0.15, 0.2) is 0 Å². The van der Waals surface area contributed by atoms with Crippen LogP contribution in [0, 0.1) is 5.41 Å². The van der Waals surface area contributed by atoms with Crippen LogP contribution in [-0.4, -0.2) is 8.07 Å². The molecule has 0 saturated carbocycles. The third kappa shape index (κ3) is 2.46. The minimum atomic E-state index is -1.51. The van der Waals surface area contributed by atoms with Gasteiger partial charge < -0.3 is 0 Å². The topological polar surface area (TPSA) is 0 Å². The maximum atomic E-state index is 2.59. The van der Waals surface area contributed by atoms with Gasteiger partial charge in [-0.05, 0) is 28.5 Å². The lowest BCUT2D eigenvalue weighted by Crippen LogP contribution is -2.39. The second-order valence-corrected chi connectivity index (χ2v) is 12.8. The van der Waals surface area contributed by atoms with Crippen LogP contribution in [0.25, 0.3) is 6.08 Å². The van der Waals surface area contributed by atoms with Crippen LogP contribution in [0.4, 0.5) is 0 Å². The van der Waals surface area contributed by atoms with Gasteiger partial charge in [0.25, 0.3) is 0 Å². The van der Waals surface area contributed by atoms with E-state index >= 15 is 0 Å². The average molecular weight is 309 g/mol. The van der Waals surface area contributed by atoms with Crippen LogP contribution in [-0.2, 0) is 0 Å². The van der Waals surface area contributed by atoms with Crippen molar-refractivity contribution in [1.29, 1.82) is 0 Å². The lowest BCUT2D eigenvalue weighted by atomic mass is 9.87. The van der Waals surface area contributed by atoms with Crippen molar-refractivity contribution in [3.8, 4) is 0 Å². The first-order valence-electron chi connectivity index (χ1n) is 8.55. The fourth-order valence-corrected chi connectivity index (χ4v) is 7.72. The summed E-state index contributed by atoms with van der Waals surface area (Å²) in [4.78, 5) is 0. The van der Waals surface area contributed by atoms with Crippen LogP contribution in [0.3, 0.4) is 0 Å². The smallest absolute Gasteiger partial charge is 0.0788 e. The molecule has 0 heterocycles. The van der Waals surface area contributed by atoms with E-state index in [0.29, 0.717) is 5.54 Å². The molecule has 1 aromatic carbocycles. The summed E-state index contributed by atoms with van der Waals surface area (Å²) in [5.74, 6) is 0. The van der Waals surface area contributed by atoms with Crippen LogP contribution in [0.15, 0.2) is 53.3 Å². The Morgan fingerprint density at radius 3 is 2.55 bits per heavy atom. The first-order valence-corrected chi connectivity index (χ1v) is 11.3. The van der Waals surface area contributed by atoms with Crippen molar-refractivity contribution < 1.29 is 0 Å². The van der Waals surface area contributed by atoms with Crippen molar-refractivity contribution >= 4 is 14.1 Å². The van der Waals surface area contributed by atoms with Gasteiger partial charge in [-0.25, -0.2) is 0 Å². The summed E-state index contributed by atoms with van der Waals surface area (Å²) < 4.78 is 0. The number of allylic oxidation sites excluding steroid dienone is 5. The monoisotopic (exact) mass is 308 g/mol. The van der Waals surface area contributed by atoms with Crippen molar-refractivity contribution in [2.45, 2.75) is 52.2 Å². The number of benzene rings is 1. The van der Waals surface area contributed by atoms with Crippen LogP contribution >= 0.6 is 0 Å². The van der Waals surface area contributed by atoms with Crippen molar-refractivity contribution in [2.75, 3.05) is 0 Å². The first kappa shape index (κ1) is 15.5. The van der Waals surface area contributed by atoms with Crippen LogP contribution in [0.1, 0.15) is 50.8 Å². The van der Waals surface area contributed by atoms with E-state index in [1.54, 1.807) is 10.8 Å². The fourth-order valence-electron chi connectivity index (χ4n) is 3.90. The highest BCUT2D eigenvalue weighted by atomic mass is 28.3. The van der Waals surface area contributed by atoms with E-state index in [2.05, 4.69) is 82.8 Å². The minimum Gasteiger partial charge on any atom is -0.0788 e. The molecule has 2 aliphatic carbocycles. The van der Waals surface area contributed by atoms with E-state index in [-0.39, 0.29) is 5.41 Å². The molecule has 0 aliphatic heterocycles. The normalized spacial score (nSPS) is 23.0. The Bertz CT molecular complexity index is 669. The second kappa shape index (κ2) is 5.38. The van der Waals surface area contributed by atoms with Crippen molar-refractivity contribution in [1.82, 2.24) is 0 Å². The molecule has 22 heavy (non-hydrogen) atoms. The third-order valence-corrected chi connectivity index (χ3v) is 10.9. The first-order chi connectivity index (χ1) is 10.4. The quantitative estimate of drug-likeness (QED) is 0.577. The van der Waals surface area contributed by atoms with Gasteiger partial charge in [-0.1, -0.05) is 94.1 Å². The molecule has 0 spiro atoms. The Balaban J connectivity index is 1.97. The fraction of sp³-hybridized carbons (Fsp3) is 0.429. The zero-order valence-corrected chi connectivity index (χ0v) is 15.6. The van der Waals surface area contributed by atoms with E-state index < -0.39 is 8.07 Å². The molecule has 3 rings (SSSR count). The average Bonchev–Trinajstić information content (AvgIpc) is 3.13. The van der Waals surface area contributed by atoms with Gasteiger partial charge >= 0.3 is 0 Å². The van der Waals surface area contributed by atoms with E-state index in [4.69, 9.17) is 0 Å². The number of hydrogen-bond donors (Lipinski definition) is 0. The molecule has 2 unspecified atom stereocenters. The Hall–Kier alpha value is -1.34. The lowest BCUT2D eigenvalue weighted by Gasteiger charge is -2.34. The Kier molecular flexibility index (Phi) is 3.80. The molecule has 0 N–H and O–H groups in total. The van der Waals surface area contributed by atoms with Crippen LogP contribution < -0.4 is 0 Å². The molecule has 116 valence electrons. The van der Waals surface area contributed by atoms with E-state index in [9.17, 15) is 0 Å². The molecular formula is C21H28Si. The van der Waals surface area contributed by atoms with Crippen LogP contribution in [0.2, 0.25) is 12.6 Å². The predicted octanol–water partition coefficient (Wildman–Crippen LogP) is 6.28. The SMILES string of the molecule is CC[Si](C)(C1=CC(C(C)(C)C)=CC1)C1C=Cc2ccccc21. The molecule has 0 radical (unpaired) electrons. The molecular weight excluding hydrogens is 280 g/mol. The summed E-state index contributed by atoms with van der Waals surface area (Å²) in [5, 5.41) is 1.74. The molecule has 0 aromatic heterocycles. The zero-order valence-electron chi connectivity index (χ0n) is 14.6. The maximum absolute atomic E-state index is 2.59. The second-order valence-electron chi connectivity index (χ2n) is 8.02. The Morgan fingerprint density at radius 2 is 1.91 bits per heavy atom. The predicted molar refractivity (Wildman–Crippen MR) is 101 cm³/mol. The molecule has 1 heteroatoms. The van der Waals surface area contributed by atoms with Gasteiger partial charge in [0.05, 0.1) is 8.07 Å². The van der Waals surface area contributed by atoms with Gasteiger partial charge in [-0.3, -0.25) is 0 Å². The maximum Gasteiger partial charge on any atom is 0.0900 e. The van der Waals surface area contributed by atoms with E-state index in [0.717, 1.165) is 0 Å². The molecule has 1 aromatic rings. The van der Waals surface area contributed by atoms with E-state index in [1.807, 2.05) is 0 Å². The van der Waals surface area contributed by atoms with Crippen LogP contribution in [0.5, 0.6) is 0 Å². The Labute approximate surface area is 136 Å². The summed E-state index contributed by atoms with van der Waals surface area (Å²) >= 11 is 0. The van der Waals surface area contributed by atoms with Gasteiger partial charge in [-0.15, -0.1) is 0 Å². The van der Waals surface area contributed by atoms with Crippen molar-refractivity contribution in [3.05, 3.63) is 64.4 Å². The standard InChI is InChI=1S/C21H28Si/c1-6-22(5,18-13-12-17(15-18)21(2,3)4)20-14-11-16-9-7-8-10-19(16)20/h7-12,14-15,20H,6,13H2,1-5H3. The molecule has 0 nitrogen and oxygen atoms in total.